The molecule has 0 radical (unpaired) electrons. The van der Waals surface area contributed by atoms with Crippen LogP contribution in [0.1, 0.15) is 10.5 Å². The van der Waals surface area contributed by atoms with Crippen LogP contribution in [-0.4, -0.2) is 39.1 Å². The molecule has 0 unspecified atom stereocenters. The summed E-state index contributed by atoms with van der Waals surface area (Å²) in [7, 11) is 1.28. The van der Waals surface area contributed by atoms with Gasteiger partial charge in [0.2, 0.25) is 0 Å². The molecule has 0 aliphatic rings. The fraction of sp³-hybridized carbons (Fsp3) is 0.200. The minimum absolute atomic E-state index is 0.0711. The van der Waals surface area contributed by atoms with Crippen molar-refractivity contribution in [3.8, 4) is 5.82 Å². The molecule has 0 aromatic carbocycles. The molecule has 0 amide bonds. The van der Waals surface area contributed by atoms with E-state index < -0.39 is 5.97 Å². The normalized spacial score (nSPS) is 10.3. The van der Waals surface area contributed by atoms with Gasteiger partial charge in [-0.05, 0) is 6.26 Å². The van der Waals surface area contributed by atoms with E-state index in [4.69, 9.17) is 5.73 Å². The van der Waals surface area contributed by atoms with Crippen LogP contribution in [0.25, 0.3) is 5.82 Å². The highest BCUT2D eigenvalue weighted by Crippen LogP contribution is 2.16. The number of methoxy groups -OCH3 is 1. The second-order valence-electron chi connectivity index (χ2n) is 3.29. The summed E-state index contributed by atoms with van der Waals surface area (Å²) in [5.74, 6) is -0.0402. The van der Waals surface area contributed by atoms with E-state index >= 15 is 0 Å². The molecule has 0 fully saturated rings. The lowest BCUT2D eigenvalue weighted by Gasteiger charge is -2.00. The average molecular weight is 265 g/mol. The van der Waals surface area contributed by atoms with E-state index in [1.165, 1.54) is 36.1 Å². The number of carbonyl (C=O) groups excluding carboxylic acids is 1. The number of hydrogen-bond donors (Lipinski definition) is 1. The Morgan fingerprint density at radius 3 is 2.94 bits per heavy atom. The Labute approximate surface area is 107 Å². The summed E-state index contributed by atoms with van der Waals surface area (Å²) >= 11 is 1.48. The molecule has 0 saturated heterocycles. The van der Waals surface area contributed by atoms with Crippen LogP contribution >= 0.6 is 11.8 Å². The molecular formula is C10H11N5O2S. The second-order valence-corrected chi connectivity index (χ2v) is 4.11. The Balaban J connectivity index is 2.42. The third kappa shape index (κ3) is 2.28. The van der Waals surface area contributed by atoms with Crippen LogP contribution in [0, 0.1) is 0 Å². The standard InChI is InChI=1S/C10H11N5O2S/c1-17-10(16)9-6(11)4-15(14-9)7-3-8(18-2)13-5-12-7/h3-5H,11H2,1-2H3. The van der Waals surface area contributed by atoms with Gasteiger partial charge < -0.3 is 10.5 Å². The van der Waals surface area contributed by atoms with Gasteiger partial charge in [0.15, 0.2) is 11.5 Å². The molecule has 8 heteroatoms. The molecule has 0 spiro atoms. The first-order valence-corrected chi connectivity index (χ1v) is 6.18. The van der Waals surface area contributed by atoms with Crippen LogP contribution in [-0.2, 0) is 4.74 Å². The first-order valence-electron chi connectivity index (χ1n) is 4.95. The third-order valence-electron chi connectivity index (χ3n) is 2.19. The van der Waals surface area contributed by atoms with E-state index in [0.29, 0.717) is 5.82 Å². The van der Waals surface area contributed by atoms with Crippen molar-refractivity contribution in [2.75, 3.05) is 19.1 Å². The van der Waals surface area contributed by atoms with Crippen LogP contribution in [0.2, 0.25) is 0 Å². The van der Waals surface area contributed by atoms with Crippen molar-refractivity contribution in [3.05, 3.63) is 24.3 Å². The fourth-order valence-corrected chi connectivity index (χ4v) is 1.70. The summed E-state index contributed by atoms with van der Waals surface area (Å²) < 4.78 is 6.00. The number of rotatable bonds is 3. The number of anilines is 1. The average Bonchev–Trinajstić information content (AvgIpc) is 2.80. The van der Waals surface area contributed by atoms with Gasteiger partial charge in [0.25, 0.3) is 0 Å². The molecule has 0 aliphatic carbocycles. The van der Waals surface area contributed by atoms with Crippen molar-refractivity contribution < 1.29 is 9.53 Å². The molecule has 18 heavy (non-hydrogen) atoms. The molecule has 0 aliphatic heterocycles. The largest absolute Gasteiger partial charge is 0.464 e. The Morgan fingerprint density at radius 1 is 1.50 bits per heavy atom. The maximum Gasteiger partial charge on any atom is 0.360 e. The summed E-state index contributed by atoms with van der Waals surface area (Å²) in [6, 6.07) is 1.75. The minimum Gasteiger partial charge on any atom is -0.464 e. The molecule has 2 heterocycles. The van der Waals surface area contributed by atoms with Gasteiger partial charge >= 0.3 is 5.97 Å². The minimum atomic E-state index is -0.578. The Bertz CT molecular complexity index is 583. The molecule has 0 saturated carbocycles. The van der Waals surface area contributed by atoms with Crippen molar-refractivity contribution in [2.45, 2.75) is 5.03 Å². The zero-order valence-corrected chi connectivity index (χ0v) is 10.6. The summed E-state index contributed by atoms with van der Waals surface area (Å²) in [5.41, 5.74) is 6.01. The smallest absolute Gasteiger partial charge is 0.360 e. The van der Waals surface area contributed by atoms with E-state index in [9.17, 15) is 4.79 Å². The van der Waals surface area contributed by atoms with Gasteiger partial charge in [-0.1, -0.05) is 0 Å². The number of carbonyl (C=O) groups is 1. The number of hydrogen-bond acceptors (Lipinski definition) is 7. The molecule has 2 aromatic heterocycles. The summed E-state index contributed by atoms with van der Waals surface area (Å²) in [6.45, 7) is 0. The predicted molar refractivity (Wildman–Crippen MR) is 66.7 cm³/mol. The molecular weight excluding hydrogens is 254 g/mol. The number of thioether (sulfide) groups is 1. The Morgan fingerprint density at radius 2 is 2.28 bits per heavy atom. The van der Waals surface area contributed by atoms with Crippen LogP contribution in [0.15, 0.2) is 23.6 Å². The van der Waals surface area contributed by atoms with Crippen LogP contribution in [0.3, 0.4) is 0 Å². The van der Waals surface area contributed by atoms with Gasteiger partial charge in [0, 0.05) is 6.07 Å². The maximum absolute atomic E-state index is 11.4. The van der Waals surface area contributed by atoms with Crippen molar-refractivity contribution in [2.24, 2.45) is 0 Å². The Hall–Kier alpha value is -2.09. The maximum atomic E-state index is 11.4. The molecule has 2 N–H and O–H groups in total. The van der Waals surface area contributed by atoms with Gasteiger partial charge in [0.05, 0.1) is 19.0 Å². The van der Waals surface area contributed by atoms with Crippen LogP contribution in [0.5, 0.6) is 0 Å². The van der Waals surface area contributed by atoms with Gasteiger partial charge in [0.1, 0.15) is 11.4 Å². The lowest BCUT2D eigenvalue weighted by molar-refractivity contribution is 0.0594. The number of aromatic nitrogens is 4. The zero-order chi connectivity index (χ0) is 13.1. The summed E-state index contributed by atoms with van der Waals surface area (Å²) in [6.07, 6.45) is 4.85. The molecule has 94 valence electrons. The highest BCUT2D eigenvalue weighted by Gasteiger charge is 2.16. The van der Waals surface area contributed by atoms with Crippen molar-refractivity contribution >= 4 is 23.4 Å². The van der Waals surface area contributed by atoms with Crippen LogP contribution in [0.4, 0.5) is 5.69 Å². The van der Waals surface area contributed by atoms with Crippen LogP contribution < -0.4 is 5.73 Å². The molecule has 7 nitrogen and oxygen atoms in total. The second kappa shape index (κ2) is 5.05. The molecule has 2 aromatic rings. The van der Waals surface area contributed by atoms with Crippen molar-refractivity contribution in [1.82, 2.24) is 19.7 Å². The SMILES string of the molecule is COC(=O)c1nn(-c2cc(SC)ncn2)cc1N. The van der Waals surface area contributed by atoms with Gasteiger partial charge in [-0.25, -0.2) is 19.4 Å². The lowest BCUT2D eigenvalue weighted by atomic mass is 10.4. The monoisotopic (exact) mass is 265 g/mol. The van der Waals surface area contributed by atoms with E-state index in [0.717, 1.165) is 5.03 Å². The zero-order valence-electron chi connectivity index (χ0n) is 9.82. The fourth-order valence-electron chi connectivity index (χ4n) is 1.33. The van der Waals surface area contributed by atoms with E-state index in [-0.39, 0.29) is 11.4 Å². The molecule has 2 rings (SSSR count). The van der Waals surface area contributed by atoms with E-state index in [1.807, 2.05) is 6.26 Å². The number of nitrogens with zero attached hydrogens (tertiary/aromatic N) is 4. The first-order chi connectivity index (χ1) is 8.65. The highest BCUT2D eigenvalue weighted by atomic mass is 32.2. The lowest BCUT2D eigenvalue weighted by Crippen LogP contribution is -2.06. The quantitative estimate of drug-likeness (QED) is 0.497. The number of nitrogen functional groups attached to an aromatic ring is 1. The summed E-state index contributed by atoms with van der Waals surface area (Å²) in [4.78, 5) is 19.5. The number of nitrogens with two attached hydrogens (primary N) is 1. The van der Waals surface area contributed by atoms with Gasteiger partial charge in [-0.3, -0.25) is 0 Å². The predicted octanol–water partition coefficient (Wildman–Crippen LogP) is 0.753. The first kappa shape index (κ1) is 12.4. The number of esters is 1. The Kier molecular flexibility index (Phi) is 3.47. The van der Waals surface area contributed by atoms with E-state index in [2.05, 4.69) is 19.8 Å². The van der Waals surface area contributed by atoms with Gasteiger partial charge in [-0.15, -0.1) is 11.8 Å². The number of ether oxygens (including phenoxy) is 1. The van der Waals surface area contributed by atoms with Crippen molar-refractivity contribution in [3.63, 3.8) is 0 Å². The summed E-state index contributed by atoms with van der Waals surface area (Å²) in [5, 5.41) is 4.84. The van der Waals surface area contributed by atoms with E-state index in [1.54, 1.807) is 6.07 Å². The van der Waals surface area contributed by atoms with Crippen molar-refractivity contribution in [1.29, 1.82) is 0 Å². The highest BCUT2D eigenvalue weighted by molar-refractivity contribution is 7.98. The van der Waals surface area contributed by atoms with Gasteiger partial charge in [-0.2, -0.15) is 5.10 Å². The molecule has 0 atom stereocenters. The topological polar surface area (TPSA) is 95.9 Å². The third-order valence-corrected chi connectivity index (χ3v) is 2.83. The molecule has 0 bridgehead atoms.